The number of nitrogens with zero attached hydrogens (tertiary/aromatic N) is 1. The van der Waals surface area contributed by atoms with E-state index in [-0.39, 0.29) is 16.8 Å². The van der Waals surface area contributed by atoms with Crippen LogP contribution in [0.5, 0.6) is 5.75 Å². The SMILES string of the molecule is CCOc1cccc2c(C(=O)O)c(C)c(-c3cccc(C(F)(F)F)c3)nc12. The lowest BCUT2D eigenvalue weighted by molar-refractivity contribution is -0.137. The molecule has 0 aliphatic rings. The molecule has 0 aliphatic heterocycles. The minimum atomic E-state index is -4.51. The van der Waals surface area contributed by atoms with Crippen molar-refractivity contribution < 1.29 is 27.8 Å². The van der Waals surface area contributed by atoms with E-state index in [0.717, 1.165) is 12.1 Å². The van der Waals surface area contributed by atoms with Gasteiger partial charge in [-0.05, 0) is 37.6 Å². The van der Waals surface area contributed by atoms with Gasteiger partial charge in [-0.25, -0.2) is 9.78 Å². The molecule has 0 saturated heterocycles. The lowest BCUT2D eigenvalue weighted by Gasteiger charge is -2.15. The molecule has 0 atom stereocenters. The molecule has 27 heavy (non-hydrogen) atoms. The molecular formula is C20H16F3NO3. The van der Waals surface area contributed by atoms with Crippen molar-refractivity contribution in [2.24, 2.45) is 0 Å². The molecule has 140 valence electrons. The van der Waals surface area contributed by atoms with E-state index in [2.05, 4.69) is 4.98 Å². The predicted molar refractivity (Wildman–Crippen MR) is 95.0 cm³/mol. The number of aromatic nitrogens is 1. The van der Waals surface area contributed by atoms with Crippen LogP contribution in [0.4, 0.5) is 13.2 Å². The number of hydrogen-bond donors (Lipinski definition) is 1. The van der Waals surface area contributed by atoms with Crippen molar-refractivity contribution >= 4 is 16.9 Å². The first-order valence-electron chi connectivity index (χ1n) is 8.21. The van der Waals surface area contributed by atoms with Crippen LogP contribution in [-0.4, -0.2) is 22.7 Å². The number of halogens is 3. The summed E-state index contributed by atoms with van der Waals surface area (Å²) in [5.74, 6) is -0.799. The average Bonchev–Trinajstić information content (AvgIpc) is 2.60. The zero-order valence-corrected chi connectivity index (χ0v) is 14.6. The fourth-order valence-electron chi connectivity index (χ4n) is 3.03. The van der Waals surface area contributed by atoms with Crippen molar-refractivity contribution in [3.05, 3.63) is 59.2 Å². The molecule has 0 bridgehead atoms. The van der Waals surface area contributed by atoms with E-state index >= 15 is 0 Å². The lowest BCUT2D eigenvalue weighted by atomic mass is 9.96. The standard InChI is InChI=1S/C20H16F3NO3/c1-3-27-15-9-5-8-14-16(19(25)26)11(2)17(24-18(14)15)12-6-4-7-13(10-12)20(21,22)23/h4-10H,3H2,1-2H3,(H,25,26). The molecule has 4 nitrogen and oxygen atoms in total. The quantitative estimate of drug-likeness (QED) is 0.670. The Labute approximate surface area is 153 Å². The average molecular weight is 375 g/mol. The van der Waals surface area contributed by atoms with Gasteiger partial charge in [-0.15, -0.1) is 0 Å². The highest BCUT2D eigenvalue weighted by Gasteiger charge is 2.31. The molecule has 0 fully saturated rings. The molecule has 7 heteroatoms. The molecule has 0 radical (unpaired) electrons. The van der Waals surface area contributed by atoms with Gasteiger partial charge in [-0.2, -0.15) is 13.2 Å². The Kier molecular flexibility index (Phi) is 4.78. The molecule has 0 amide bonds. The fourth-order valence-corrected chi connectivity index (χ4v) is 3.03. The lowest BCUT2D eigenvalue weighted by Crippen LogP contribution is -2.07. The number of carboxylic acid groups (broad SMARTS) is 1. The van der Waals surface area contributed by atoms with Crippen molar-refractivity contribution in [1.82, 2.24) is 4.98 Å². The summed E-state index contributed by atoms with van der Waals surface area (Å²) >= 11 is 0. The Morgan fingerprint density at radius 2 is 1.89 bits per heavy atom. The second kappa shape index (κ2) is 6.90. The molecule has 1 N–H and O–H groups in total. The van der Waals surface area contributed by atoms with Crippen LogP contribution in [0.1, 0.15) is 28.4 Å². The largest absolute Gasteiger partial charge is 0.492 e. The normalized spacial score (nSPS) is 11.6. The van der Waals surface area contributed by atoms with Crippen LogP contribution in [0.15, 0.2) is 42.5 Å². The highest BCUT2D eigenvalue weighted by atomic mass is 19.4. The van der Waals surface area contributed by atoms with Crippen molar-refractivity contribution in [2.45, 2.75) is 20.0 Å². The van der Waals surface area contributed by atoms with Gasteiger partial charge in [0.1, 0.15) is 11.3 Å². The molecule has 0 saturated carbocycles. The maximum Gasteiger partial charge on any atom is 0.416 e. The Morgan fingerprint density at radius 3 is 2.52 bits per heavy atom. The van der Waals surface area contributed by atoms with E-state index in [9.17, 15) is 23.1 Å². The van der Waals surface area contributed by atoms with Crippen molar-refractivity contribution in [3.63, 3.8) is 0 Å². The van der Waals surface area contributed by atoms with Gasteiger partial charge >= 0.3 is 12.1 Å². The van der Waals surface area contributed by atoms with Crippen LogP contribution in [0.25, 0.3) is 22.2 Å². The molecule has 3 aromatic rings. The summed E-state index contributed by atoms with van der Waals surface area (Å²) < 4.78 is 44.8. The summed E-state index contributed by atoms with van der Waals surface area (Å²) in [4.78, 5) is 16.3. The van der Waals surface area contributed by atoms with Gasteiger partial charge in [0, 0.05) is 10.9 Å². The second-order valence-corrected chi connectivity index (χ2v) is 5.93. The minimum Gasteiger partial charge on any atom is -0.492 e. The summed E-state index contributed by atoms with van der Waals surface area (Å²) in [5.41, 5.74) is 0.138. The molecule has 1 heterocycles. The van der Waals surface area contributed by atoms with Gasteiger partial charge < -0.3 is 9.84 Å². The number of rotatable bonds is 4. The summed E-state index contributed by atoms with van der Waals surface area (Å²) in [6.45, 7) is 3.66. The Bertz CT molecular complexity index is 1030. The van der Waals surface area contributed by atoms with Crippen LogP contribution < -0.4 is 4.74 Å². The van der Waals surface area contributed by atoms with Gasteiger partial charge in [0.2, 0.25) is 0 Å². The minimum absolute atomic E-state index is 0.00559. The molecule has 0 unspecified atom stereocenters. The number of ether oxygens (including phenoxy) is 1. The van der Waals surface area contributed by atoms with Crippen molar-refractivity contribution in [1.29, 1.82) is 0 Å². The van der Waals surface area contributed by atoms with Crippen LogP contribution in [0, 0.1) is 6.92 Å². The third kappa shape index (κ3) is 3.45. The Hall–Kier alpha value is -3.09. The van der Waals surface area contributed by atoms with E-state index in [1.54, 1.807) is 32.0 Å². The van der Waals surface area contributed by atoms with E-state index < -0.39 is 17.7 Å². The molecule has 0 aliphatic carbocycles. The maximum absolute atomic E-state index is 13.1. The molecule has 0 spiro atoms. The molecule has 3 rings (SSSR count). The van der Waals surface area contributed by atoms with E-state index in [0.29, 0.717) is 28.8 Å². The summed E-state index contributed by atoms with van der Waals surface area (Å²) in [7, 11) is 0. The van der Waals surface area contributed by atoms with Gasteiger partial charge in [0.05, 0.1) is 23.4 Å². The second-order valence-electron chi connectivity index (χ2n) is 5.93. The smallest absolute Gasteiger partial charge is 0.416 e. The zero-order chi connectivity index (χ0) is 19.8. The Morgan fingerprint density at radius 1 is 1.19 bits per heavy atom. The van der Waals surface area contributed by atoms with Crippen LogP contribution in [0.3, 0.4) is 0 Å². The monoisotopic (exact) mass is 375 g/mol. The molecular weight excluding hydrogens is 359 g/mol. The third-order valence-corrected chi connectivity index (χ3v) is 4.20. The highest BCUT2D eigenvalue weighted by Crippen LogP contribution is 2.36. The zero-order valence-electron chi connectivity index (χ0n) is 14.6. The summed E-state index contributed by atoms with van der Waals surface area (Å²) in [5, 5.41) is 10.1. The summed E-state index contributed by atoms with van der Waals surface area (Å²) in [6, 6.07) is 9.60. The number of hydrogen-bond acceptors (Lipinski definition) is 3. The van der Waals surface area contributed by atoms with Gasteiger partial charge in [-0.3, -0.25) is 0 Å². The van der Waals surface area contributed by atoms with Crippen LogP contribution in [-0.2, 0) is 6.18 Å². The number of pyridine rings is 1. The summed E-state index contributed by atoms with van der Waals surface area (Å²) in [6.07, 6.45) is -4.51. The topological polar surface area (TPSA) is 59.4 Å². The molecule has 1 aromatic heterocycles. The molecule has 2 aromatic carbocycles. The van der Waals surface area contributed by atoms with Crippen molar-refractivity contribution in [2.75, 3.05) is 6.61 Å². The number of carboxylic acids is 1. The first-order chi connectivity index (χ1) is 12.7. The van der Waals surface area contributed by atoms with Crippen LogP contribution in [0.2, 0.25) is 0 Å². The number of carbonyl (C=O) groups is 1. The maximum atomic E-state index is 13.1. The Balaban J connectivity index is 2.35. The number of aromatic carboxylic acids is 1. The van der Waals surface area contributed by atoms with E-state index in [1.165, 1.54) is 12.1 Å². The first-order valence-corrected chi connectivity index (χ1v) is 8.21. The van der Waals surface area contributed by atoms with Gasteiger partial charge in [0.25, 0.3) is 0 Å². The number of fused-ring (bicyclic) bond motifs is 1. The van der Waals surface area contributed by atoms with Crippen molar-refractivity contribution in [3.8, 4) is 17.0 Å². The predicted octanol–water partition coefficient (Wildman–Crippen LogP) is 5.33. The number of benzene rings is 2. The van der Waals surface area contributed by atoms with Gasteiger partial charge in [0.15, 0.2) is 0 Å². The van der Waals surface area contributed by atoms with E-state index in [1.807, 2.05) is 0 Å². The van der Waals surface area contributed by atoms with Gasteiger partial charge in [-0.1, -0.05) is 24.3 Å². The van der Waals surface area contributed by atoms with E-state index in [4.69, 9.17) is 4.74 Å². The highest BCUT2D eigenvalue weighted by molar-refractivity contribution is 6.07. The first kappa shape index (κ1) is 18.7. The van der Waals surface area contributed by atoms with Crippen LogP contribution >= 0.6 is 0 Å². The number of para-hydroxylation sites is 1. The number of alkyl halides is 3. The fraction of sp³-hybridized carbons (Fsp3) is 0.200. The third-order valence-electron chi connectivity index (χ3n) is 4.20.